The maximum atomic E-state index is 14.2. The van der Waals surface area contributed by atoms with Gasteiger partial charge in [0.25, 0.3) is 0 Å². The molecule has 1 N–H and O–H groups in total. The molecule has 0 aliphatic heterocycles. The first-order chi connectivity index (χ1) is 9.24. The number of nitrogens with zero attached hydrogens (tertiary/aromatic N) is 1. The molecule has 0 unspecified atom stereocenters. The van der Waals surface area contributed by atoms with Gasteiger partial charge in [0.2, 0.25) is 0 Å². The van der Waals surface area contributed by atoms with Crippen molar-refractivity contribution >= 4 is 5.69 Å². The quantitative estimate of drug-likeness (QED) is 0.728. The third-order valence-electron chi connectivity index (χ3n) is 3.32. The number of hydrogen-bond acceptors (Lipinski definition) is 2. The van der Waals surface area contributed by atoms with E-state index in [4.69, 9.17) is 0 Å². The summed E-state index contributed by atoms with van der Waals surface area (Å²) >= 11 is 0. The fraction of sp³-hybridized carbons (Fsp3) is 0.625. The SMILES string of the molecule is CCCCN(CCCC)c1c(F)cccc1CNC. The molecule has 2 nitrogen and oxygen atoms in total. The van der Waals surface area contributed by atoms with Gasteiger partial charge < -0.3 is 10.2 Å². The topological polar surface area (TPSA) is 15.3 Å². The van der Waals surface area contributed by atoms with Gasteiger partial charge in [0.05, 0.1) is 5.69 Å². The molecule has 1 aromatic rings. The number of benzene rings is 1. The number of para-hydroxylation sites is 1. The minimum absolute atomic E-state index is 0.0973. The molecule has 0 saturated heterocycles. The predicted molar refractivity (Wildman–Crippen MR) is 81.2 cm³/mol. The Morgan fingerprint density at radius 3 is 2.26 bits per heavy atom. The molecule has 0 radical (unpaired) electrons. The molecule has 0 saturated carbocycles. The molecule has 0 amide bonds. The molecule has 0 aromatic heterocycles. The van der Waals surface area contributed by atoms with Crippen LogP contribution in [0, 0.1) is 5.82 Å². The van der Waals surface area contributed by atoms with Crippen LogP contribution in [0.15, 0.2) is 18.2 Å². The standard InChI is InChI=1S/C16H27FN2/c1-4-6-11-19(12-7-5-2)16-14(13-18-3)9-8-10-15(16)17/h8-10,18H,4-7,11-13H2,1-3H3. The minimum atomic E-state index is -0.0973. The number of unbranched alkanes of at least 4 members (excludes halogenated alkanes) is 2. The van der Waals surface area contributed by atoms with Crippen LogP contribution < -0.4 is 10.2 Å². The van der Waals surface area contributed by atoms with Gasteiger partial charge in [-0.1, -0.05) is 38.8 Å². The van der Waals surface area contributed by atoms with Crippen molar-refractivity contribution < 1.29 is 4.39 Å². The lowest BCUT2D eigenvalue weighted by atomic mass is 10.1. The maximum Gasteiger partial charge on any atom is 0.146 e. The van der Waals surface area contributed by atoms with Crippen molar-refractivity contribution in [2.75, 3.05) is 25.0 Å². The first kappa shape index (κ1) is 16.0. The Morgan fingerprint density at radius 2 is 1.74 bits per heavy atom. The van der Waals surface area contributed by atoms with Crippen molar-refractivity contribution in [3.05, 3.63) is 29.6 Å². The largest absolute Gasteiger partial charge is 0.369 e. The van der Waals surface area contributed by atoms with E-state index in [2.05, 4.69) is 24.1 Å². The fourth-order valence-electron chi connectivity index (χ4n) is 2.28. The van der Waals surface area contributed by atoms with E-state index >= 15 is 0 Å². The second-order valence-corrected chi connectivity index (χ2v) is 4.97. The van der Waals surface area contributed by atoms with Gasteiger partial charge in [-0.15, -0.1) is 0 Å². The van der Waals surface area contributed by atoms with E-state index in [9.17, 15) is 4.39 Å². The highest BCUT2D eigenvalue weighted by Crippen LogP contribution is 2.25. The van der Waals surface area contributed by atoms with Gasteiger partial charge in [-0.05, 0) is 31.5 Å². The number of hydrogen-bond donors (Lipinski definition) is 1. The van der Waals surface area contributed by atoms with Crippen molar-refractivity contribution in [3.8, 4) is 0 Å². The summed E-state index contributed by atoms with van der Waals surface area (Å²) in [6.45, 7) is 6.94. The molecule has 0 fully saturated rings. The van der Waals surface area contributed by atoms with Gasteiger partial charge in [-0.25, -0.2) is 4.39 Å². The molecule has 0 atom stereocenters. The van der Waals surface area contributed by atoms with Gasteiger partial charge in [-0.3, -0.25) is 0 Å². The number of rotatable bonds is 9. The normalized spacial score (nSPS) is 10.7. The van der Waals surface area contributed by atoms with Gasteiger partial charge in [0, 0.05) is 19.6 Å². The summed E-state index contributed by atoms with van der Waals surface area (Å²) in [5, 5.41) is 3.13. The molecular formula is C16H27FN2. The molecule has 0 aliphatic rings. The van der Waals surface area contributed by atoms with E-state index in [1.807, 2.05) is 13.1 Å². The molecule has 3 heteroatoms. The molecule has 0 bridgehead atoms. The Balaban J connectivity index is 2.97. The summed E-state index contributed by atoms with van der Waals surface area (Å²) in [5.41, 5.74) is 1.84. The lowest BCUT2D eigenvalue weighted by molar-refractivity contribution is 0.599. The van der Waals surface area contributed by atoms with Crippen molar-refractivity contribution in [1.82, 2.24) is 5.32 Å². The Morgan fingerprint density at radius 1 is 1.11 bits per heavy atom. The van der Waals surface area contributed by atoms with Gasteiger partial charge >= 0.3 is 0 Å². The second kappa shape index (κ2) is 8.92. The van der Waals surface area contributed by atoms with Gasteiger partial charge in [-0.2, -0.15) is 0 Å². The first-order valence-electron chi connectivity index (χ1n) is 7.41. The van der Waals surface area contributed by atoms with Gasteiger partial charge in [0.15, 0.2) is 0 Å². The van der Waals surface area contributed by atoms with E-state index in [-0.39, 0.29) is 5.82 Å². The second-order valence-electron chi connectivity index (χ2n) is 4.97. The molecule has 1 aromatic carbocycles. The summed E-state index contributed by atoms with van der Waals surface area (Å²) in [6, 6.07) is 5.38. The van der Waals surface area contributed by atoms with Crippen LogP contribution in [0.4, 0.5) is 10.1 Å². The number of halogens is 1. The predicted octanol–water partition coefficient (Wildman–Crippen LogP) is 3.95. The molecule has 0 aliphatic carbocycles. The number of anilines is 1. The highest BCUT2D eigenvalue weighted by Gasteiger charge is 2.15. The first-order valence-corrected chi connectivity index (χ1v) is 7.41. The summed E-state index contributed by atoms with van der Waals surface area (Å²) in [4.78, 5) is 2.22. The average Bonchev–Trinajstić information content (AvgIpc) is 2.41. The lowest BCUT2D eigenvalue weighted by Crippen LogP contribution is -2.28. The summed E-state index contributed by atoms with van der Waals surface area (Å²) in [5.74, 6) is -0.0973. The van der Waals surface area contributed by atoms with E-state index < -0.39 is 0 Å². The Bertz CT molecular complexity index is 358. The maximum absolute atomic E-state index is 14.2. The fourth-order valence-corrected chi connectivity index (χ4v) is 2.28. The van der Waals surface area contributed by atoms with E-state index in [1.165, 1.54) is 0 Å². The van der Waals surface area contributed by atoms with E-state index in [1.54, 1.807) is 12.1 Å². The monoisotopic (exact) mass is 266 g/mol. The van der Waals surface area contributed by atoms with Crippen molar-refractivity contribution in [1.29, 1.82) is 0 Å². The Hall–Kier alpha value is -1.09. The van der Waals surface area contributed by atoms with Crippen LogP contribution in [-0.4, -0.2) is 20.1 Å². The smallest absolute Gasteiger partial charge is 0.146 e. The zero-order chi connectivity index (χ0) is 14.1. The average molecular weight is 266 g/mol. The van der Waals surface area contributed by atoms with Crippen molar-refractivity contribution in [2.45, 2.75) is 46.1 Å². The van der Waals surface area contributed by atoms with Crippen LogP contribution in [0.2, 0.25) is 0 Å². The summed E-state index contributed by atoms with van der Waals surface area (Å²) in [6.07, 6.45) is 4.49. The number of nitrogens with one attached hydrogen (secondary N) is 1. The zero-order valence-corrected chi connectivity index (χ0v) is 12.5. The van der Waals surface area contributed by atoms with Crippen LogP contribution in [0.3, 0.4) is 0 Å². The van der Waals surface area contributed by atoms with E-state index in [0.29, 0.717) is 6.54 Å². The molecule has 0 spiro atoms. The Labute approximate surface area is 117 Å². The molecule has 19 heavy (non-hydrogen) atoms. The summed E-state index contributed by atoms with van der Waals surface area (Å²) < 4.78 is 14.2. The molecule has 108 valence electrons. The third-order valence-corrected chi connectivity index (χ3v) is 3.32. The minimum Gasteiger partial charge on any atom is -0.369 e. The van der Waals surface area contributed by atoms with Crippen LogP contribution in [0.25, 0.3) is 0 Å². The Kier molecular flexibility index (Phi) is 7.49. The van der Waals surface area contributed by atoms with Crippen molar-refractivity contribution in [2.24, 2.45) is 0 Å². The molecular weight excluding hydrogens is 239 g/mol. The van der Waals surface area contributed by atoms with Crippen LogP contribution >= 0.6 is 0 Å². The van der Waals surface area contributed by atoms with E-state index in [0.717, 1.165) is 50.0 Å². The summed E-state index contributed by atoms with van der Waals surface area (Å²) in [7, 11) is 1.90. The zero-order valence-electron chi connectivity index (χ0n) is 12.5. The van der Waals surface area contributed by atoms with Crippen molar-refractivity contribution in [3.63, 3.8) is 0 Å². The highest BCUT2D eigenvalue weighted by atomic mass is 19.1. The van der Waals surface area contributed by atoms with Gasteiger partial charge in [0.1, 0.15) is 5.82 Å². The molecule has 1 rings (SSSR count). The van der Waals surface area contributed by atoms with Crippen LogP contribution in [-0.2, 0) is 6.54 Å². The lowest BCUT2D eigenvalue weighted by Gasteiger charge is -2.27. The van der Waals surface area contributed by atoms with Crippen LogP contribution in [0.1, 0.15) is 45.1 Å². The molecule has 0 heterocycles. The van der Waals surface area contributed by atoms with Crippen LogP contribution in [0.5, 0.6) is 0 Å². The highest BCUT2D eigenvalue weighted by molar-refractivity contribution is 5.55. The third kappa shape index (κ3) is 4.83.